The standard InChI is InChI=1S/C13H7Br3FN3/c14-5-1-6(12(18)8(16)2-5)13-19-10-3-7(15)9(17)4-11(10)20-13/h1-4H,18H2,(H,19,20). The van der Waals surface area contributed by atoms with Gasteiger partial charge in [0.15, 0.2) is 0 Å². The zero-order chi connectivity index (χ0) is 14.4. The second-order valence-electron chi connectivity index (χ2n) is 4.22. The number of imidazole rings is 1. The Labute approximate surface area is 139 Å². The molecule has 0 spiro atoms. The molecule has 0 saturated carbocycles. The molecule has 0 saturated heterocycles. The molecule has 0 aliphatic carbocycles. The molecule has 2 aromatic carbocycles. The molecule has 0 aliphatic heterocycles. The number of aromatic nitrogens is 2. The van der Waals surface area contributed by atoms with Gasteiger partial charge in [0.25, 0.3) is 0 Å². The molecule has 0 bridgehead atoms. The third-order valence-corrected chi connectivity index (χ3v) is 4.59. The van der Waals surface area contributed by atoms with E-state index in [4.69, 9.17) is 5.73 Å². The molecule has 1 aromatic heterocycles. The topological polar surface area (TPSA) is 54.7 Å². The van der Waals surface area contributed by atoms with Crippen LogP contribution in [0.4, 0.5) is 10.1 Å². The van der Waals surface area contributed by atoms with E-state index in [-0.39, 0.29) is 5.82 Å². The number of hydrogen-bond acceptors (Lipinski definition) is 2. The molecule has 3 aromatic rings. The van der Waals surface area contributed by atoms with Crippen LogP contribution in [0.5, 0.6) is 0 Å². The van der Waals surface area contributed by atoms with Gasteiger partial charge >= 0.3 is 0 Å². The van der Waals surface area contributed by atoms with Crippen LogP contribution in [0.15, 0.2) is 37.7 Å². The highest BCUT2D eigenvalue weighted by molar-refractivity contribution is 9.11. The van der Waals surface area contributed by atoms with Crippen LogP contribution in [0.3, 0.4) is 0 Å². The van der Waals surface area contributed by atoms with Crippen molar-refractivity contribution >= 4 is 64.5 Å². The molecule has 3 N–H and O–H groups in total. The molecule has 1 heterocycles. The molecule has 7 heteroatoms. The first-order chi connectivity index (χ1) is 9.45. The first-order valence-corrected chi connectivity index (χ1v) is 7.93. The average Bonchev–Trinajstić information content (AvgIpc) is 2.77. The molecule has 0 radical (unpaired) electrons. The van der Waals surface area contributed by atoms with Gasteiger partial charge < -0.3 is 10.7 Å². The van der Waals surface area contributed by atoms with Crippen molar-refractivity contribution in [3.8, 4) is 11.4 Å². The van der Waals surface area contributed by atoms with E-state index in [0.717, 1.165) is 14.5 Å². The Morgan fingerprint density at radius 1 is 1.05 bits per heavy atom. The van der Waals surface area contributed by atoms with Crippen LogP contribution in [-0.2, 0) is 0 Å². The first-order valence-electron chi connectivity index (χ1n) is 5.55. The van der Waals surface area contributed by atoms with E-state index in [1.807, 2.05) is 12.1 Å². The van der Waals surface area contributed by atoms with Crippen molar-refractivity contribution in [2.75, 3.05) is 5.73 Å². The van der Waals surface area contributed by atoms with E-state index in [9.17, 15) is 4.39 Å². The molecule has 0 aliphatic rings. The third kappa shape index (κ3) is 2.38. The number of nitrogens with one attached hydrogen (secondary N) is 1. The molecule has 0 amide bonds. The molecule has 102 valence electrons. The molecular weight excluding hydrogens is 457 g/mol. The van der Waals surface area contributed by atoms with Crippen molar-refractivity contribution < 1.29 is 4.39 Å². The van der Waals surface area contributed by atoms with E-state index < -0.39 is 0 Å². The number of rotatable bonds is 1. The normalized spacial score (nSPS) is 11.2. The minimum Gasteiger partial charge on any atom is -0.397 e. The van der Waals surface area contributed by atoms with Gasteiger partial charge in [-0.25, -0.2) is 9.37 Å². The van der Waals surface area contributed by atoms with Crippen LogP contribution in [0.25, 0.3) is 22.4 Å². The molecular formula is C13H7Br3FN3. The Bertz CT molecular complexity index is 790. The first kappa shape index (κ1) is 14.0. The van der Waals surface area contributed by atoms with Gasteiger partial charge in [0.05, 0.1) is 21.2 Å². The highest BCUT2D eigenvalue weighted by Crippen LogP contribution is 2.35. The Hall–Kier alpha value is -0.920. The van der Waals surface area contributed by atoms with Crippen molar-refractivity contribution in [1.82, 2.24) is 9.97 Å². The second kappa shape index (κ2) is 5.13. The largest absolute Gasteiger partial charge is 0.397 e. The van der Waals surface area contributed by atoms with Gasteiger partial charge in [-0.2, -0.15) is 0 Å². The molecule has 3 nitrogen and oxygen atoms in total. The molecule has 0 fully saturated rings. The van der Waals surface area contributed by atoms with Gasteiger partial charge in [-0.1, -0.05) is 15.9 Å². The summed E-state index contributed by atoms with van der Waals surface area (Å²) in [6.45, 7) is 0. The number of benzene rings is 2. The smallest absolute Gasteiger partial charge is 0.140 e. The van der Waals surface area contributed by atoms with E-state index >= 15 is 0 Å². The lowest BCUT2D eigenvalue weighted by Crippen LogP contribution is -1.93. The number of anilines is 1. The number of nitrogens with zero attached hydrogens (tertiary/aromatic N) is 1. The third-order valence-electron chi connectivity index (χ3n) is 2.87. The van der Waals surface area contributed by atoms with E-state index in [1.54, 1.807) is 6.07 Å². The van der Waals surface area contributed by atoms with Crippen molar-refractivity contribution in [2.24, 2.45) is 0 Å². The second-order valence-corrected chi connectivity index (χ2v) is 6.84. The number of nitrogens with two attached hydrogens (primary N) is 1. The van der Waals surface area contributed by atoms with Gasteiger partial charge in [-0.05, 0) is 50.1 Å². The summed E-state index contributed by atoms with van der Waals surface area (Å²) in [5.74, 6) is 0.257. The van der Waals surface area contributed by atoms with Gasteiger partial charge in [0.2, 0.25) is 0 Å². The molecule has 0 atom stereocenters. The Morgan fingerprint density at radius 2 is 1.80 bits per heavy atom. The summed E-state index contributed by atoms with van der Waals surface area (Å²) < 4.78 is 15.6. The summed E-state index contributed by atoms with van der Waals surface area (Å²) in [6.07, 6.45) is 0. The van der Waals surface area contributed by atoms with Crippen LogP contribution in [0.1, 0.15) is 0 Å². The lowest BCUT2D eigenvalue weighted by Gasteiger charge is -2.05. The maximum absolute atomic E-state index is 13.5. The predicted octanol–water partition coefficient (Wildman–Crippen LogP) is 5.24. The van der Waals surface area contributed by atoms with E-state index in [0.29, 0.717) is 27.0 Å². The monoisotopic (exact) mass is 461 g/mol. The molecule has 20 heavy (non-hydrogen) atoms. The van der Waals surface area contributed by atoms with Crippen LogP contribution >= 0.6 is 47.8 Å². The average molecular weight is 464 g/mol. The van der Waals surface area contributed by atoms with Crippen LogP contribution < -0.4 is 5.73 Å². The summed E-state index contributed by atoms with van der Waals surface area (Å²) >= 11 is 9.96. The van der Waals surface area contributed by atoms with E-state index in [2.05, 4.69) is 57.8 Å². The Morgan fingerprint density at radius 3 is 2.55 bits per heavy atom. The fourth-order valence-corrected chi connectivity index (χ4v) is 3.47. The molecule has 0 unspecified atom stereocenters. The number of nitrogen functional groups attached to an aromatic ring is 1. The minimum atomic E-state index is -0.337. The number of aromatic amines is 1. The zero-order valence-electron chi connectivity index (χ0n) is 9.85. The quantitative estimate of drug-likeness (QED) is 0.485. The highest BCUT2D eigenvalue weighted by Gasteiger charge is 2.13. The summed E-state index contributed by atoms with van der Waals surface area (Å²) in [5, 5.41) is 0. The summed E-state index contributed by atoms with van der Waals surface area (Å²) in [5.41, 5.74) is 8.67. The van der Waals surface area contributed by atoms with E-state index in [1.165, 1.54) is 6.07 Å². The molecule has 3 rings (SSSR count). The summed E-state index contributed by atoms with van der Waals surface area (Å²) in [4.78, 5) is 7.54. The van der Waals surface area contributed by atoms with Crippen LogP contribution in [0, 0.1) is 5.82 Å². The lowest BCUT2D eigenvalue weighted by molar-refractivity contribution is 0.623. The predicted molar refractivity (Wildman–Crippen MR) is 89.0 cm³/mol. The highest BCUT2D eigenvalue weighted by atomic mass is 79.9. The number of H-pyrrole nitrogens is 1. The van der Waals surface area contributed by atoms with Gasteiger partial charge in [0.1, 0.15) is 11.6 Å². The number of fused-ring (bicyclic) bond motifs is 1. The van der Waals surface area contributed by atoms with Crippen molar-refractivity contribution in [3.05, 3.63) is 43.5 Å². The fraction of sp³-hybridized carbons (Fsp3) is 0. The summed E-state index contributed by atoms with van der Waals surface area (Å²) in [7, 11) is 0. The van der Waals surface area contributed by atoms with Crippen molar-refractivity contribution in [3.63, 3.8) is 0 Å². The van der Waals surface area contributed by atoms with Crippen molar-refractivity contribution in [1.29, 1.82) is 0 Å². The zero-order valence-corrected chi connectivity index (χ0v) is 14.6. The number of hydrogen-bond donors (Lipinski definition) is 2. The van der Waals surface area contributed by atoms with Crippen molar-refractivity contribution in [2.45, 2.75) is 0 Å². The SMILES string of the molecule is Nc1c(Br)cc(Br)cc1-c1nc2cc(Br)c(F)cc2[nH]1. The van der Waals surface area contributed by atoms with Gasteiger partial charge in [-0.15, -0.1) is 0 Å². The fourth-order valence-electron chi connectivity index (χ4n) is 1.91. The minimum absolute atomic E-state index is 0.337. The maximum Gasteiger partial charge on any atom is 0.140 e. The van der Waals surface area contributed by atoms with Crippen LogP contribution in [-0.4, -0.2) is 9.97 Å². The van der Waals surface area contributed by atoms with Crippen LogP contribution in [0.2, 0.25) is 0 Å². The summed E-state index contributed by atoms with van der Waals surface area (Å²) in [6, 6.07) is 6.76. The Kier molecular flexibility index (Phi) is 3.60. The lowest BCUT2D eigenvalue weighted by atomic mass is 10.2. The maximum atomic E-state index is 13.5. The Balaban J connectivity index is 2.25. The van der Waals surface area contributed by atoms with Gasteiger partial charge in [0, 0.05) is 20.6 Å². The van der Waals surface area contributed by atoms with Gasteiger partial charge in [-0.3, -0.25) is 0 Å². The number of halogens is 4.